The van der Waals surface area contributed by atoms with E-state index >= 15 is 0 Å². The van der Waals surface area contributed by atoms with Gasteiger partial charge in [-0.3, -0.25) is 4.79 Å². The van der Waals surface area contributed by atoms with E-state index in [1.165, 1.54) is 7.11 Å². The van der Waals surface area contributed by atoms with Gasteiger partial charge in [-0.1, -0.05) is 12.1 Å². The van der Waals surface area contributed by atoms with Gasteiger partial charge in [0.1, 0.15) is 5.69 Å². The largest absolute Gasteiger partial charge is 0.465 e. The molecule has 0 spiro atoms. The van der Waals surface area contributed by atoms with E-state index in [2.05, 4.69) is 5.32 Å². The minimum Gasteiger partial charge on any atom is -0.465 e. The van der Waals surface area contributed by atoms with Crippen LogP contribution in [0.4, 0.5) is 5.69 Å². The first-order chi connectivity index (χ1) is 11.2. The molecule has 23 heavy (non-hydrogen) atoms. The standard InChI is InChI=1S/C17H16N2O3S/c1-3-19-13-8-9-23-15(13)10-14(19)16(20)18-12-7-5-4-6-11(12)17(21)22-2/h4-10H,3H2,1-2H3,(H,18,20). The topological polar surface area (TPSA) is 60.3 Å². The van der Waals surface area contributed by atoms with Gasteiger partial charge in [0.05, 0.1) is 28.6 Å². The Morgan fingerprint density at radius 1 is 1.26 bits per heavy atom. The zero-order chi connectivity index (χ0) is 16.4. The summed E-state index contributed by atoms with van der Waals surface area (Å²) in [7, 11) is 1.32. The molecule has 0 fully saturated rings. The molecule has 1 N–H and O–H groups in total. The summed E-state index contributed by atoms with van der Waals surface area (Å²) >= 11 is 1.60. The number of rotatable bonds is 4. The lowest BCUT2D eigenvalue weighted by Gasteiger charge is -2.11. The molecule has 0 bridgehead atoms. The summed E-state index contributed by atoms with van der Waals surface area (Å²) in [5.74, 6) is -0.723. The van der Waals surface area contributed by atoms with Crippen molar-refractivity contribution >= 4 is 39.1 Å². The number of nitrogens with zero attached hydrogens (tertiary/aromatic N) is 1. The summed E-state index contributed by atoms with van der Waals surface area (Å²) in [5.41, 5.74) is 2.40. The number of carbonyl (C=O) groups is 2. The second-order valence-corrected chi connectivity index (χ2v) is 5.88. The van der Waals surface area contributed by atoms with Crippen molar-refractivity contribution in [3.63, 3.8) is 0 Å². The van der Waals surface area contributed by atoms with Crippen molar-refractivity contribution in [1.29, 1.82) is 0 Å². The van der Waals surface area contributed by atoms with Crippen molar-refractivity contribution in [2.24, 2.45) is 0 Å². The number of hydrogen-bond acceptors (Lipinski definition) is 4. The molecular formula is C17H16N2O3S. The van der Waals surface area contributed by atoms with Crippen molar-refractivity contribution < 1.29 is 14.3 Å². The number of aryl methyl sites for hydroxylation is 1. The Morgan fingerprint density at radius 2 is 2.04 bits per heavy atom. The highest BCUT2D eigenvalue weighted by Gasteiger charge is 2.18. The van der Waals surface area contributed by atoms with E-state index < -0.39 is 5.97 Å². The molecule has 0 aliphatic carbocycles. The first-order valence-electron chi connectivity index (χ1n) is 7.21. The number of para-hydroxylation sites is 1. The zero-order valence-corrected chi connectivity index (χ0v) is 13.6. The van der Waals surface area contributed by atoms with Crippen LogP contribution < -0.4 is 5.32 Å². The summed E-state index contributed by atoms with van der Waals surface area (Å²) in [6.45, 7) is 2.69. The molecule has 3 rings (SSSR count). The van der Waals surface area contributed by atoms with Gasteiger partial charge in [-0.05, 0) is 36.6 Å². The molecule has 1 aromatic carbocycles. The molecule has 5 nitrogen and oxygen atoms in total. The van der Waals surface area contributed by atoms with Crippen molar-refractivity contribution in [3.05, 3.63) is 53.0 Å². The van der Waals surface area contributed by atoms with Crippen LogP contribution in [0.5, 0.6) is 0 Å². The summed E-state index contributed by atoms with van der Waals surface area (Å²) in [6.07, 6.45) is 0. The lowest BCUT2D eigenvalue weighted by atomic mass is 10.1. The summed E-state index contributed by atoms with van der Waals surface area (Å²) in [4.78, 5) is 24.4. The van der Waals surface area contributed by atoms with Gasteiger partial charge < -0.3 is 14.6 Å². The first-order valence-corrected chi connectivity index (χ1v) is 8.09. The number of carbonyl (C=O) groups excluding carboxylic acids is 2. The molecule has 3 aromatic rings. The first kappa shape index (κ1) is 15.3. The molecule has 0 aliphatic rings. The van der Waals surface area contributed by atoms with Crippen molar-refractivity contribution in [2.45, 2.75) is 13.5 Å². The summed E-state index contributed by atoms with van der Waals surface area (Å²) in [5, 5.41) is 4.82. The maximum Gasteiger partial charge on any atom is 0.339 e. The van der Waals surface area contributed by atoms with E-state index in [4.69, 9.17) is 4.74 Å². The Kier molecular flexibility index (Phi) is 4.16. The lowest BCUT2D eigenvalue weighted by molar-refractivity contribution is 0.0602. The fourth-order valence-electron chi connectivity index (χ4n) is 2.57. The summed E-state index contributed by atoms with van der Waals surface area (Å²) in [6, 6.07) is 10.7. The molecule has 1 amide bonds. The van der Waals surface area contributed by atoms with Crippen molar-refractivity contribution in [3.8, 4) is 0 Å². The Bertz CT molecular complexity index is 879. The fraction of sp³-hybridized carbons (Fsp3) is 0.176. The number of thiophene rings is 1. The third kappa shape index (κ3) is 2.73. The molecular weight excluding hydrogens is 312 g/mol. The third-order valence-corrected chi connectivity index (χ3v) is 4.51. The molecule has 2 aromatic heterocycles. The Hall–Kier alpha value is -2.60. The lowest BCUT2D eigenvalue weighted by Crippen LogP contribution is -2.18. The number of anilines is 1. The highest BCUT2D eigenvalue weighted by atomic mass is 32.1. The van der Waals surface area contributed by atoms with Gasteiger partial charge in [0, 0.05) is 6.54 Å². The predicted octanol–water partition coefficient (Wildman–Crippen LogP) is 3.76. The number of nitrogens with one attached hydrogen (secondary N) is 1. The molecule has 0 atom stereocenters. The molecule has 0 unspecified atom stereocenters. The van der Waals surface area contributed by atoms with Gasteiger partial charge in [-0.15, -0.1) is 11.3 Å². The van der Waals surface area contributed by atoms with Crippen LogP contribution in [-0.4, -0.2) is 23.6 Å². The third-order valence-electron chi connectivity index (χ3n) is 3.65. The Labute approximate surface area is 137 Å². The number of amides is 1. The number of methoxy groups -OCH3 is 1. The second kappa shape index (κ2) is 6.26. The normalized spacial score (nSPS) is 10.7. The minimum atomic E-state index is -0.479. The number of benzene rings is 1. The quantitative estimate of drug-likeness (QED) is 0.742. The van der Waals surface area contributed by atoms with Gasteiger partial charge in [-0.25, -0.2) is 4.79 Å². The van der Waals surface area contributed by atoms with Crippen LogP contribution in [0, 0.1) is 0 Å². The smallest absolute Gasteiger partial charge is 0.339 e. The number of fused-ring (bicyclic) bond motifs is 1. The fourth-order valence-corrected chi connectivity index (χ4v) is 3.39. The van der Waals surface area contributed by atoms with Crippen LogP contribution in [0.25, 0.3) is 10.2 Å². The van der Waals surface area contributed by atoms with Crippen molar-refractivity contribution in [1.82, 2.24) is 4.57 Å². The predicted molar refractivity (Wildman–Crippen MR) is 91.2 cm³/mol. The number of esters is 1. The van der Waals surface area contributed by atoms with Crippen LogP contribution in [-0.2, 0) is 11.3 Å². The highest BCUT2D eigenvalue weighted by Crippen LogP contribution is 2.26. The van der Waals surface area contributed by atoms with Gasteiger partial charge >= 0.3 is 5.97 Å². The average molecular weight is 328 g/mol. The van der Waals surface area contributed by atoms with E-state index in [1.54, 1.807) is 35.6 Å². The van der Waals surface area contributed by atoms with Gasteiger partial charge in [0.15, 0.2) is 0 Å². The maximum atomic E-state index is 12.6. The van der Waals surface area contributed by atoms with E-state index in [0.717, 1.165) is 10.2 Å². The molecule has 118 valence electrons. The SMILES string of the molecule is CCn1c(C(=O)Nc2ccccc2C(=O)OC)cc2sccc21. The van der Waals surface area contributed by atoms with E-state index in [0.29, 0.717) is 23.5 Å². The van der Waals surface area contributed by atoms with Crippen LogP contribution in [0.3, 0.4) is 0 Å². The van der Waals surface area contributed by atoms with Gasteiger partial charge in [0.25, 0.3) is 5.91 Å². The summed E-state index contributed by atoms with van der Waals surface area (Å²) < 4.78 is 7.78. The second-order valence-electron chi connectivity index (χ2n) is 4.94. The molecule has 2 heterocycles. The zero-order valence-electron chi connectivity index (χ0n) is 12.8. The van der Waals surface area contributed by atoms with E-state index in [9.17, 15) is 9.59 Å². The van der Waals surface area contributed by atoms with E-state index in [1.807, 2.05) is 29.0 Å². The van der Waals surface area contributed by atoms with Gasteiger partial charge in [-0.2, -0.15) is 0 Å². The number of aromatic nitrogens is 1. The molecule has 0 saturated heterocycles. The monoisotopic (exact) mass is 328 g/mol. The highest BCUT2D eigenvalue weighted by molar-refractivity contribution is 7.17. The number of hydrogen-bond donors (Lipinski definition) is 1. The average Bonchev–Trinajstić information content (AvgIpc) is 3.15. The molecule has 6 heteroatoms. The molecule has 0 aliphatic heterocycles. The van der Waals surface area contributed by atoms with Crippen LogP contribution >= 0.6 is 11.3 Å². The maximum absolute atomic E-state index is 12.6. The van der Waals surface area contributed by atoms with Crippen LogP contribution in [0.15, 0.2) is 41.8 Å². The van der Waals surface area contributed by atoms with E-state index in [-0.39, 0.29) is 5.91 Å². The van der Waals surface area contributed by atoms with Crippen molar-refractivity contribution in [2.75, 3.05) is 12.4 Å². The van der Waals surface area contributed by atoms with Crippen LogP contribution in [0.1, 0.15) is 27.8 Å². The van der Waals surface area contributed by atoms with Gasteiger partial charge in [0.2, 0.25) is 0 Å². The Balaban J connectivity index is 1.95. The number of ether oxygens (including phenoxy) is 1. The molecule has 0 saturated carbocycles. The Morgan fingerprint density at radius 3 is 2.78 bits per heavy atom. The minimum absolute atomic E-state index is 0.244. The van der Waals surface area contributed by atoms with Crippen LogP contribution in [0.2, 0.25) is 0 Å². The molecule has 0 radical (unpaired) electrons.